The second kappa shape index (κ2) is 6.27. The van der Waals surface area contributed by atoms with Crippen LogP contribution in [-0.2, 0) is 5.60 Å². The van der Waals surface area contributed by atoms with Crippen LogP contribution in [0.15, 0.2) is 18.2 Å². The molecule has 1 N–H and O–H groups in total. The Kier molecular flexibility index (Phi) is 5.06. The molecule has 0 saturated heterocycles. The van der Waals surface area contributed by atoms with E-state index in [1.54, 1.807) is 7.11 Å². The molecule has 4 atom stereocenters. The Hall–Kier alpha value is -0.770. The molecule has 0 spiro atoms. The average Bonchev–Trinajstić information content (AvgIpc) is 2.73. The van der Waals surface area contributed by atoms with Crippen LogP contribution in [0.2, 0.25) is 0 Å². The summed E-state index contributed by atoms with van der Waals surface area (Å²) in [5.74, 6) is 1.47. The highest BCUT2D eigenvalue weighted by Gasteiger charge is 2.58. The zero-order chi connectivity index (χ0) is 16.1. The first kappa shape index (κ1) is 18.6. The van der Waals surface area contributed by atoms with E-state index in [9.17, 15) is 5.11 Å². The lowest BCUT2D eigenvalue weighted by atomic mass is 9.62. The Morgan fingerprint density at radius 3 is 2.52 bits per heavy atom. The van der Waals surface area contributed by atoms with E-state index < -0.39 is 5.60 Å². The molecular weight excluding hydrogens is 310 g/mol. The average molecular weight is 340 g/mol. The maximum atomic E-state index is 11.8. The monoisotopic (exact) mass is 339 g/mol. The minimum absolute atomic E-state index is 0. The van der Waals surface area contributed by atoms with E-state index in [0.29, 0.717) is 5.92 Å². The highest BCUT2D eigenvalue weighted by molar-refractivity contribution is 5.85. The fraction of sp³-hybridized carbons (Fsp3) is 0.684. The molecule has 2 saturated carbocycles. The molecule has 130 valence electrons. The summed E-state index contributed by atoms with van der Waals surface area (Å²) in [4.78, 5) is 2.23. The van der Waals surface area contributed by atoms with Crippen LogP contribution in [0.1, 0.15) is 43.7 Å². The van der Waals surface area contributed by atoms with Crippen molar-refractivity contribution in [1.29, 1.82) is 0 Å². The van der Waals surface area contributed by atoms with Gasteiger partial charge >= 0.3 is 0 Å². The molecule has 4 unspecified atom stereocenters. The Balaban J connectivity index is 0.00000192. The number of nitrogens with zero attached hydrogens (tertiary/aromatic N) is 1. The molecule has 23 heavy (non-hydrogen) atoms. The van der Waals surface area contributed by atoms with Crippen LogP contribution in [-0.4, -0.2) is 37.3 Å². The van der Waals surface area contributed by atoms with Gasteiger partial charge in [0.1, 0.15) is 11.4 Å². The molecule has 1 aromatic rings. The van der Waals surface area contributed by atoms with E-state index in [4.69, 9.17) is 4.74 Å². The zero-order valence-corrected chi connectivity index (χ0v) is 15.7. The maximum Gasteiger partial charge on any atom is 0.119 e. The number of hydrogen-bond donors (Lipinski definition) is 1. The van der Waals surface area contributed by atoms with E-state index >= 15 is 0 Å². The van der Waals surface area contributed by atoms with Crippen molar-refractivity contribution in [3.05, 3.63) is 29.3 Å². The highest BCUT2D eigenvalue weighted by atomic mass is 35.5. The standard InChI is InChI=1S/C19H29NO2.ClH/c1-13-8-15(10-16(9-13)22-5)19(21)12-14-6-7-18(2,11-14)17(19)20(3)4;/h8-10,14,17,21H,6-7,11-12H2,1-5H3;1H. The van der Waals surface area contributed by atoms with Gasteiger partial charge in [0.2, 0.25) is 0 Å². The lowest BCUT2D eigenvalue weighted by molar-refractivity contribution is -0.121. The SMILES string of the molecule is COc1cc(C)cc(C2(O)CC3CCC(C)(C3)C2N(C)C)c1.Cl. The first-order chi connectivity index (χ1) is 10.3. The first-order valence-electron chi connectivity index (χ1n) is 8.33. The molecule has 3 nitrogen and oxygen atoms in total. The quantitative estimate of drug-likeness (QED) is 0.910. The number of benzene rings is 1. The second-order valence-corrected chi connectivity index (χ2v) is 8.00. The summed E-state index contributed by atoms with van der Waals surface area (Å²) in [6.07, 6.45) is 4.55. The van der Waals surface area contributed by atoms with Gasteiger partial charge in [-0.3, -0.25) is 0 Å². The number of aliphatic hydroxyl groups is 1. The number of likely N-dealkylation sites (N-methyl/N-ethyl adjacent to an activating group) is 1. The summed E-state index contributed by atoms with van der Waals surface area (Å²) >= 11 is 0. The van der Waals surface area contributed by atoms with Gasteiger partial charge in [-0.15, -0.1) is 12.4 Å². The maximum absolute atomic E-state index is 11.8. The molecule has 4 heteroatoms. The summed E-state index contributed by atoms with van der Waals surface area (Å²) in [7, 11) is 5.90. The van der Waals surface area contributed by atoms with Gasteiger partial charge in [-0.2, -0.15) is 0 Å². The van der Waals surface area contributed by atoms with Gasteiger partial charge in [-0.1, -0.05) is 13.0 Å². The van der Waals surface area contributed by atoms with Crippen molar-refractivity contribution in [1.82, 2.24) is 4.90 Å². The molecule has 0 aliphatic heterocycles. The van der Waals surface area contributed by atoms with Gasteiger partial charge in [0.05, 0.1) is 7.11 Å². The topological polar surface area (TPSA) is 32.7 Å². The molecule has 0 amide bonds. The van der Waals surface area contributed by atoms with Crippen LogP contribution in [0.5, 0.6) is 5.75 Å². The minimum Gasteiger partial charge on any atom is -0.497 e. The molecule has 3 rings (SSSR count). The first-order valence-corrected chi connectivity index (χ1v) is 8.33. The summed E-state index contributed by atoms with van der Waals surface area (Å²) in [5.41, 5.74) is 1.55. The van der Waals surface area contributed by atoms with Crippen molar-refractivity contribution in [3.8, 4) is 5.75 Å². The largest absolute Gasteiger partial charge is 0.497 e. The Bertz CT molecular complexity index is 576. The Morgan fingerprint density at radius 1 is 1.22 bits per heavy atom. The van der Waals surface area contributed by atoms with E-state index in [0.717, 1.165) is 23.3 Å². The molecule has 2 aliphatic carbocycles. The van der Waals surface area contributed by atoms with Gasteiger partial charge in [0, 0.05) is 6.04 Å². The molecule has 0 aromatic heterocycles. The predicted octanol–water partition coefficient (Wildman–Crippen LogP) is 3.75. The number of methoxy groups -OCH3 is 1. The summed E-state index contributed by atoms with van der Waals surface area (Å²) in [6.45, 7) is 4.42. The lowest BCUT2D eigenvalue weighted by Crippen LogP contribution is -2.58. The molecule has 2 aliphatic rings. The fourth-order valence-electron chi connectivity index (χ4n) is 5.39. The van der Waals surface area contributed by atoms with E-state index in [1.807, 2.05) is 12.1 Å². The molecule has 2 fully saturated rings. The number of ether oxygens (including phenoxy) is 1. The summed E-state index contributed by atoms with van der Waals surface area (Å²) in [6, 6.07) is 6.33. The van der Waals surface area contributed by atoms with Gasteiger partial charge in [-0.25, -0.2) is 0 Å². The zero-order valence-electron chi connectivity index (χ0n) is 14.9. The molecule has 0 radical (unpaired) electrons. The number of halogens is 1. The van der Waals surface area contributed by atoms with Crippen molar-refractivity contribution >= 4 is 12.4 Å². The van der Waals surface area contributed by atoms with Crippen LogP contribution >= 0.6 is 12.4 Å². The Labute approximate surface area is 146 Å². The van der Waals surface area contributed by atoms with Gasteiger partial charge in [-0.05, 0) is 81.3 Å². The highest BCUT2D eigenvalue weighted by Crippen LogP contribution is 2.58. The number of fused-ring (bicyclic) bond motifs is 2. The number of hydrogen-bond acceptors (Lipinski definition) is 3. The van der Waals surface area contributed by atoms with E-state index in [1.165, 1.54) is 19.3 Å². The van der Waals surface area contributed by atoms with Crippen LogP contribution in [0.25, 0.3) is 0 Å². The Morgan fingerprint density at radius 2 is 1.91 bits per heavy atom. The predicted molar refractivity (Wildman–Crippen MR) is 96.4 cm³/mol. The van der Waals surface area contributed by atoms with Crippen molar-refractivity contribution < 1.29 is 9.84 Å². The summed E-state index contributed by atoms with van der Waals surface area (Å²) in [5, 5.41) is 11.8. The number of aryl methyl sites for hydroxylation is 1. The third-order valence-electron chi connectivity index (χ3n) is 5.89. The second-order valence-electron chi connectivity index (χ2n) is 8.00. The van der Waals surface area contributed by atoms with Crippen molar-refractivity contribution in [3.63, 3.8) is 0 Å². The van der Waals surface area contributed by atoms with Crippen LogP contribution < -0.4 is 4.74 Å². The molecule has 0 heterocycles. The third-order valence-corrected chi connectivity index (χ3v) is 5.89. The van der Waals surface area contributed by atoms with Crippen LogP contribution in [0, 0.1) is 18.3 Å². The lowest BCUT2D eigenvalue weighted by Gasteiger charge is -2.52. The third kappa shape index (κ3) is 2.99. The molecular formula is C19H30ClNO2. The van der Waals surface area contributed by atoms with Gasteiger partial charge in [0.25, 0.3) is 0 Å². The number of rotatable bonds is 3. The fourth-order valence-corrected chi connectivity index (χ4v) is 5.39. The van der Waals surface area contributed by atoms with Crippen LogP contribution in [0.3, 0.4) is 0 Å². The van der Waals surface area contributed by atoms with Crippen LogP contribution in [0.4, 0.5) is 0 Å². The van der Waals surface area contributed by atoms with Crippen molar-refractivity contribution in [2.24, 2.45) is 11.3 Å². The van der Waals surface area contributed by atoms with E-state index in [-0.39, 0.29) is 23.9 Å². The minimum atomic E-state index is -0.795. The van der Waals surface area contributed by atoms with Gasteiger partial charge < -0.3 is 14.7 Å². The van der Waals surface area contributed by atoms with Gasteiger partial charge in [0.15, 0.2) is 0 Å². The molecule has 2 bridgehead atoms. The van der Waals surface area contributed by atoms with Crippen molar-refractivity contribution in [2.45, 2.75) is 51.2 Å². The van der Waals surface area contributed by atoms with E-state index in [2.05, 4.69) is 38.9 Å². The summed E-state index contributed by atoms with van der Waals surface area (Å²) < 4.78 is 5.44. The van der Waals surface area contributed by atoms with Crippen molar-refractivity contribution in [2.75, 3.05) is 21.2 Å². The smallest absolute Gasteiger partial charge is 0.119 e. The normalized spacial score (nSPS) is 36.0. The molecule has 1 aromatic carbocycles.